The molecule has 0 saturated carbocycles. The van der Waals surface area contributed by atoms with E-state index in [2.05, 4.69) is 4.90 Å². The Morgan fingerprint density at radius 1 is 1.19 bits per heavy atom. The van der Waals surface area contributed by atoms with E-state index in [0.717, 1.165) is 31.0 Å². The summed E-state index contributed by atoms with van der Waals surface area (Å²) in [5.41, 5.74) is 1.51. The molecule has 3 rings (SSSR count). The molecule has 1 aliphatic rings. The van der Waals surface area contributed by atoms with E-state index in [0.29, 0.717) is 12.1 Å². The van der Waals surface area contributed by atoms with Gasteiger partial charge in [-0.3, -0.25) is 15.0 Å². The SMILES string of the molecule is O=C(O[C@H]1CCN(CCc2ccc(Cl)cc2)C1)c1ccc([N+](=O)[O-])cc1. The zero-order valence-electron chi connectivity index (χ0n) is 14.1. The second kappa shape index (κ2) is 8.29. The van der Waals surface area contributed by atoms with Crippen molar-refractivity contribution < 1.29 is 14.5 Å². The molecule has 0 spiro atoms. The van der Waals surface area contributed by atoms with Crippen molar-refractivity contribution in [2.45, 2.75) is 18.9 Å². The molecule has 2 aromatic rings. The molecule has 0 aromatic heterocycles. The summed E-state index contributed by atoms with van der Waals surface area (Å²) in [6.45, 7) is 2.48. The Hall–Kier alpha value is -2.44. The minimum absolute atomic E-state index is 0.0456. The van der Waals surface area contributed by atoms with Gasteiger partial charge in [0.2, 0.25) is 0 Å². The first-order valence-electron chi connectivity index (χ1n) is 8.43. The van der Waals surface area contributed by atoms with Crippen LogP contribution in [0.2, 0.25) is 5.02 Å². The van der Waals surface area contributed by atoms with Crippen molar-refractivity contribution in [2.75, 3.05) is 19.6 Å². The molecule has 1 fully saturated rings. The van der Waals surface area contributed by atoms with Crippen LogP contribution in [0.5, 0.6) is 0 Å². The Morgan fingerprint density at radius 2 is 1.88 bits per heavy atom. The van der Waals surface area contributed by atoms with Crippen molar-refractivity contribution >= 4 is 23.3 Å². The molecule has 1 atom stereocenters. The van der Waals surface area contributed by atoms with E-state index in [1.54, 1.807) is 0 Å². The fourth-order valence-electron chi connectivity index (χ4n) is 2.97. The number of nitro benzene ring substituents is 1. The summed E-state index contributed by atoms with van der Waals surface area (Å²) in [4.78, 5) is 24.6. The Kier molecular flexibility index (Phi) is 5.85. The fourth-order valence-corrected chi connectivity index (χ4v) is 3.10. The van der Waals surface area contributed by atoms with Gasteiger partial charge in [0, 0.05) is 36.8 Å². The molecule has 26 heavy (non-hydrogen) atoms. The van der Waals surface area contributed by atoms with Gasteiger partial charge in [0.1, 0.15) is 6.10 Å². The van der Waals surface area contributed by atoms with E-state index in [4.69, 9.17) is 16.3 Å². The van der Waals surface area contributed by atoms with Crippen LogP contribution < -0.4 is 0 Å². The Labute approximate surface area is 156 Å². The van der Waals surface area contributed by atoms with Crippen molar-refractivity contribution in [3.8, 4) is 0 Å². The van der Waals surface area contributed by atoms with Crippen molar-refractivity contribution in [1.29, 1.82) is 0 Å². The number of benzene rings is 2. The minimum Gasteiger partial charge on any atom is -0.457 e. The highest BCUT2D eigenvalue weighted by molar-refractivity contribution is 6.30. The van der Waals surface area contributed by atoms with Gasteiger partial charge in [0.15, 0.2) is 0 Å². The van der Waals surface area contributed by atoms with Crippen molar-refractivity contribution in [2.24, 2.45) is 0 Å². The maximum absolute atomic E-state index is 12.2. The molecule has 0 unspecified atom stereocenters. The van der Waals surface area contributed by atoms with Crippen molar-refractivity contribution in [3.05, 3.63) is 74.8 Å². The second-order valence-corrected chi connectivity index (χ2v) is 6.73. The molecule has 0 amide bonds. The van der Waals surface area contributed by atoms with E-state index in [1.807, 2.05) is 24.3 Å². The molecule has 0 radical (unpaired) electrons. The van der Waals surface area contributed by atoms with Crippen LogP contribution in [0, 0.1) is 10.1 Å². The maximum atomic E-state index is 12.2. The summed E-state index contributed by atoms with van der Waals surface area (Å²) < 4.78 is 5.53. The van der Waals surface area contributed by atoms with Crippen LogP contribution in [0.25, 0.3) is 0 Å². The minimum atomic E-state index is -0.495. The molecule has 2 aromatic carbocycles. The van der Waals surface area contributed by atoms with Crippen LogP contribution in [0.3, 0.4) is 0 Å². The molecule has 136 valence electrons. The lowest BCUT2D eigenvalue weighted by molar-refractivity contribution is -0.384. The molecule has 1 heterocycles. The molecule has 0 aliphatic carbocycles. The highest BCUT2D eigenvalue weighted by Crippen LogP contribution is 2.18. The van der Waals surface area contributed by atoms with Crippen LogP contribution >= 0.6 is 11.6 Å². The Balaban J connectivity index is 1.47. The van der Waals surface area contributed by atoms with Crippen LogP contribution in [0.4, 0.5) is 5.69 Å². The second-order valence-electron chi connectivity index (χ2n) is 6.30. The zero-order chi connectivity index (χ0) is 18.5. The van der Waals surface area contributed by atoms with E-state index >= 15 is 0 Å². The molecule has 7 heteroatoms. The molecule has 1 aliphatic heterocycles. The third kappa shape index (κ3) is 4.80. The highest BCUT2D eigenvalue weighted by atomic mass is 35.5. The number of carbonyl (C=O) groups excluding carboxylic acids is 1. The average Bonchev–Trinajstić information content (AvgIpc) is 3.08. The van der Waals surface area contributed by atoms with E-state index in [-0.39, 0.29) is 11.8 Å². The maximum Gasteiger partial charge on any atom is 0.338 e. The Bertz CT molecular complexity index is 777. The molecule has 0 bridgehead atoms. The number of ether oxygens (including phenoxy) is 1. The zero-order valence-corrected chi connectivity index (χ0v) is 14.9. The fraction of sp³-hybridized carbons (Fsp3) is 0.316. The predicted octanol–water partition coefficient (Wildman–Crippen LogP) is 3.72. The monoisotopic (exact) mass is 374 g/mol. The lowest BCUT2D eigenvalue weighted by Crippen LogP contribution is -2.26. The number of esters is 1. The van der Waals surface area contributed by atoms with E-state index < -0.39 is 10.9 Å². The van der Waals surface area contributed by atoms with Gasteiger partial charge >= 0.3 is 5.97 Å². The number of halogens is 1. The molecule has 0 N–H and O–H groups in total. The number of hydrogen-bond donors (Lipinski definition) is 0. The Morgan fingerprint density at radius 3 is 2.54 bits per heavy atom. The number of carbonyl (C=O) groups is 1. The summed E-state index contributed by atoms with van der Waals surface area (Å²) >= 11 is 5.89. The van der Waals surface area contributed by atoms with Gasteiger partial charge in [-0.1, -0.05) is 23.7 Å². The number of likely N-dealkylation sites (tertiary alicyclic amines) is 1. The summed E-state index contributed by atoms with van der Waals surface area (Å²) in [6, 6.07) is 13.3. The van der Waals surface area contributed by atoms with Crippen LogP contribution in [0.15, 0.2) is 48.5 Å². The van der Waals surface area contributed by atoms with Gasteiger partial charge in [0.05, 0.1) is 10.5 Å². The number of non-ortho nitro benzene ring substituents is 1. The third-order valence-corrected chi connectivity index (χ3v) is 4.70. The van der Waals surface area contributed by atoms with Gasteiger partial charge in [-0.05, 0) is 42.7 Å². The van der Waals surface area contributed by atoms with Crippen LogP contribution in [-0.2, 0) is 11.2 Å². The predicted molar refractivity (Wildman–Crippen MR) is 98.5 cm³/mol. The van der Waals surface area contributed by atoms with Gasteiger partial charge in [0.25, 0.3) is 5.69 Å². The van der Waals surface area contributed by atoms with Crippen LogP contribution in [0.1, 0.15) is 22.3 Å². The topological polar surface area (TPSA) is 72.7 Å². The standard InChI is InChI=1S/C19H19ClN2O4/c20-16-5-1-14(2-6-16)9-11-21-12-10-18(13-21)26-19(23)15-3-7-17(8-4-15)22(24)25/h1-8,18H,9-13H2/t18-/m0/s1. The lowest BCUT2D eigenvalue weighted by Gasteiger charge is -2.16. The van der Waals surface area contributed by atoms with E-state index in [1.165, 1.54) is 29.8 Å². The third-order valence-electron chi connectivity index (χ3n) is 4.45. The van der Waals surface area contributed by atoms with Crippen molar-refractivity contribution in [1.82, 2.24) is 4.90 Å². The first kappa shape index (κ1) is 18.4. The smallest absolute Gasteiger partial charge is 0.338 e. The quantitative estimate of drug-likeness (QED) is 0.437. The normalized spacial score (nSPS) is 17.2. The summed E-state index contributed by atoms with van der Waals surface area (Å²) in [5, 5.41) is 11.4. The molecular weight excluding hydrogens is 356 g/mol. The summed E-state index contributed by atoms with van der Waals surface area (Å²) in [5.74, 6) is -0.440. The van der Waals surface area contributed by atoms with Crippen molar-refractivity contribution in [3.63, 3.8) is 0 Å². The van der Waals surface area contributed by atoms with Gasteiger partial charge in [-0.15, -0.1) is 0 Å². The summed E-state index contributed by atoms with van der Waals surface area (Å²) in [7, 11) is 0. The first-order valence-corrected chi connectivity index (χ1v) is 8.81. The summed E-state index contributed by atoms with van der Waals surface area (Å²) in [6.07, 6.45) is 1.56. The average molecular weight is 375 g/mol. The molecule has 6 nitrogen and oxygen atoms in total. The molecular formula is C19H19ClN2O4. The van der Waals surface area contributed by atoms with Gasteiger partial charge in [-0.25, -0.2) is 4.79 Å². The van der Waals surface area contributed by atoms with Gasteiger partial charge in [-0.2, -0.15) is 0 Å². The largest absolute Gasteiger partial charge is 0.457 e. The highest BCUT2D eigenvalue weighted by Gasteiger charge is 2.26. The molecule has 1 saturated heterocycles. The first-order chi connectivity index (χ1) is 12.5. The van der Waals surface area contributed by atoms with Gasteiger partial charge < -0.3 is 4.74 Å². The number of rotatable bonds is 6. The lowest BCUT2D eigenvalue weighted by atomic mass is 10.1. The van der Waals surface area contributed by atoms with E-state index in [9.17, 15) is 14.9 Å². The number of hydrogen-bond acceptors (Lipinski definition) is 5. The van der Waals surface area contributed by atoms with Crippen LogP contribution in [-0.4, -0.2) is 41.5 Å². The number of nitro groups is 1. The number of nitrogens with zero attached hydrogens (tertiary/aromatic N) is 2.